The highest BCUT2D eigenvalue weighted by molar-refractivity contribution is 7.19. The van der Waals surface area contributed by atoms with Gasteiger partial charge in [-0.2, -0.15) is 18.4 Å². The maximum Gasteiger partial charge on any atom is 0.261 e. The van der Waals surface area contributed by atoms with Gasteiger partial charge in [0, 0.05) is 11.3 Å². The molecule has 0 bridgehead atoms. The first-order valence-electron chi connectivity index (χ1n) is 8.74. The number of nitrogens with zero attached hydrogens (tertiary/aromatic N) is 4. The number of aryl methyl sites for hydroxylation is 2. The van der Waals surface area contributed by atoms with Crippen LogP contribution in [0.1, 0.15) is 21.7 Å². The van der Waals surface area contributed by atoms with Gasteiger partial charge in [0.25, 0.3) is 5.91 Å². The van der Waals surface area contributed by atoms with Gasteiger partial charge in [-0.15, -0.1) is 10.2 Å². The number of halogens is 4. The molecule has 0 spiro atoms. The number of ether oxygens (including phenoxy) is 1. The third kappa shape index (κ3) is 3.38. The predicted molar refractivity (Wildman–Crippen MR) is 104 cm³/mol. The van der Waals surface area contributed by atoms with Crippen molar-refractivity contribution in [3.05, 3.63) is 58.4 Å². The van der Waals surface area contributed by atoms with E-state index in [4.69, 9.17) is 0 Å². The molecule has 31 heavy (non-hydrogen) atoms. The number of fused-ring (bicyclic) bond motifs is 1. The van der Waals surface area contributed by atoms with Crippen LogP contribution in [0.15, 0.2) is 18.2 Å². The van der Waals surface area contributed by atoms with Crippen molar-refractivity contribution in [1.82, 2.24) is 19.8 Å². The van der Waals surface area contributed by atoms with Gasteiger partial charge in [-0.3, -0.25) is 4.79 Å². The topological polar surface area (TPSA) is 81.4 Å². The maximum atomic E-state index is 14.2. The molecule has 2 heterocycles. The van der Waals surface area contributed by atoms with E-state index in [2.05, 4.69) is 25.3 Å². The highest BCUT2D eigenvalue weighted by Gasteiger charge is 2.30. The molecule has 1 amide bonds. The molecule has 4 rings (SSSR count). The van der Waals surface area contributed by atoms with Crippen LogP contribution in [0.3, 0.4) is 0 Å². The van der Waals surface area contributed by atoms with Gasteiger partial charge >= 0.3 is 0 Å². The Hall–Kier alpha value is -3.54. The van der Waals surface area contributed by atoms with E-state index in [1.165, 1.54) is 17.4 Å². The van der Waals surface area contributed by atoms with Crippen molar-refractivity contribution in [1.29, 1.82) is 0 Å². The molecule has 7 nitrogen and oxygen atoms in total. The second-order valence-corrected chi connectivity index (χ2v) is 7.45. The molecular formula is C19H13F4N5O2S. The van der Waals surface area contributed by atoms with E-state index in [1.807, 2.05) is 0 Å². The molecule has 2 aromatic heterocycles. The molecule has 0 unspecified atom stereocenters. The summed E-state index contributed by atoms with van der Waals surface area (Å²) < 4.78 is 62.1. The third-order valence-corrected chi connectivity index (χ3v) is 5.47. The summed E-state index contributed by atoms with van der Waals surface area (Å²) >= 11 is 1.30. The molecule has 0 radical (unpaired) electrons. The SMILES string of the molecule is COc1c(F)c(F)c(C(=O)Nc2ccc(-c3nn4c(C)nnc4s3)cc2C)c(F)c1F. The van der Waals surface area contributed by atoms with Crippen molar-refractivity contribution >= 4 is 27.9 Å². The summed E-state index contributed by atoms with van der Waals surface area (Å²) in [5.74, 6) is -9.25. The minimum Gasteiger partial charge on any atom is -0.491 e. The second-order valence-electron chi connectivity index (χ2n) is 6.50. The molecule has 12 heteroatoms. The fourth-order valence-corrected chi connectivity index (χ4v) is 3.82. The smallest absolute Gasteiger partial charge is 0.261 e. The van der Waals surface area contributed by atoms with E-state index in [0.717, 1.165) is 7.11 Å². The monoisotopic (exact) mass is 451 g/mol. The Labute approximate surface area is 176 Å². The van der Waals surface area contributed by atoms with E-state index in [1.54, 1.807) is 30.5 Å². The van der Waals surface area contributed by atoms with Crippen molar-refractivity contribution in [2.45, 2.75) is 13.8 Å². The highest BCUT2D eigenvalue weighted by Crippen LogP contribution is 2.32. The Kier molecular flexibility index (Phi) is 5.09. The lowest BCUT2D eigenvalue weighted by atomic mass is 10.1. The zero-order valence-corrected chi connectivity index (χ0v) is 17.1. The van der Waals surface area contributed by atoms with Crippen molar-refractivity contribution < 1.29 is 27.1 Å². The number of carbonyl (C=O) groups excluding carboxylic acids is 1. The van der Waals surface area contributed by atoms with E-state index in [-0.39, 0.29) is 5.69 Å². The van der Waals surface area contributed by atoms with Gasteiger partial charge in [-0.1, -0.05) is 11.3 Å². The summed E-state index contributed by atoms with van der Waals surface area (Å²) in [6.45, 7) is 3.41. The van der Waals surface area contributed by atoms with Crippen molar-refractivity contribution in [2.75, 3.05) is 12.4 Å². The summed E-state index contributed by atoms with van der Waals surface area (Å²) in [7, 11) is 0.850. The van der Waals surface area contributed by atoms with Crippen molar-refractivity contribution in [3.8, 4) is 16.3 Å². The number of nitrogens with one attached hydrogen (secondary N) is 1. The minimum absolute atomic E-state index is 0.198. The number of amides is 1. The first-order valence-corrected chi connectivity index (χ1v) is 9.55. The van der Waals surface area contributed by atoms with Gasteiger partial charge in [0.1, 0.15) is 10.6 Å². The van der Waals surface area contributed by atoms with Crippen LogP contribution < -0.4 is 10.1 Å². The Morgan fingerprint density at radius 2 is 1.74 bits per heavy atom. The fraction of sp³-hybridized carbons (Fsp3) is 0.158. The quantitative estimate of drug-likeness (QED) is 0.370. The van der Waals surface area contributed by atoms with E-state index >= 15 is 0 Å². The first-order chi connectivity index (χ1) is 14.7. The van der Waals surface area contributed by atoms with E-state index in [9.17, 15) is 22.4 Å². The number of anilines is 1. The van der Waals surface area contributed by atoms with Crippen LogP contribution in [0.5, 0.6) is 5.75 Å². The van der Waals surface area contributed by atoms with Gasteiger partial charge < -0.3 is 10.1 Å². The molecule has 0 atom stereocenters. The predicted octanol–water partition coefficient (Wildman–Crippen LogP) is 4.29. The summed E-state index contributed by atoms with van der Waals surface area (Å²) in [5.41, 5.74) is 0.0554. The van der Waals surface area contributed by atoms with Crippen LogP contribution in [0.25, 0.3) is 15.5 Å². The number of methoxy groups -OCH3 is 1. The van der Waals surface area contributed by atoms with Crippen LogP contribution >= 0.6 is 11.3 Å². The molecule has 0 fully saturated rings. The summed E-state index contributed by atoms with van der Waals surface area (Å²) in [6.07, 6.45) is 0. The standard InChI is InChI=1S/C19H13F4N5O2S/c1-7-6-9(18-27-28-8(2)25-26-19(28)31-18)4-5-10(7)24-17(29)11-12(20)14(22)16(30-3)15(23)13(11)21/h4-6H,1-3H3,(H,24,29). The average molecular weight is 451 g/mol. The second kappa shape index (κ2) is 7.61. The maximum absolute atomic E-state index is 14.2. The van der Waals surface area contributed by atoms with Crippen molar-refractivity contribution in [2.24, 2.45) is 0 Å². The van der Waals surface area contributed by atoms with Gasteiger partial charge in [0.15, 0.2) is 23.2 Å². The van der Waals surface area contributed by atoms with Crippen molar-refractivity contribution in [3.63, 3.8) is 0 Å². The Morgan fingerprint density at radius 1 is 1.06 bits per heavy atom. The van der Waals surface area contributed by atoms with E-state index in [0.29, 0.717) is 26.9 Å². The molecule has 4 aromatic rings. The molecule has 0 aliphatic carbocycles. The molecule has 0 aliphatic rings. The molecular weight excluding hydrogens is 438 g/mol. The van der Waals surface area contributed by atoms with Crippen LogP contribution in [0, 0.1) is 37.1 Å². The molecule has 0 aliphatic heterocycles. The number of aromatic nitrogens is 4. The van der Waals surface area contributed by atoms with Crippen LogP contribution in [0.4, 0.5) is 23.2 Å². The summed E-state index contributed by atoms with van der Waals surface area (Å²) in [4.78, 5) is 13.0. The molecule has 0 saturated heterocycles. The number of benzene rings is 2. The lowest BCUT2D eigenvalue weighted by Crippen LogP contribution is -2.19. The van der Waals surface area contributed by atoms with Crippen LogP contribution in [-0.4, -0.2) is 32.8 Å². The molecule has 1 N–H and O–H groups in total. The van der Waals surface area contributed by atoms with Crippen LogP contribution in [0.2, 0.25) is 0 Å². The van der Waals surface area contributed by atoms with Gasteiger partial charge in [0.05, 0.1) is 7.11 Å². The van der Waals surface area contributed by atoms with Gasteiger partial charge in [-0.25, -0.2) is 8.78 Å². The summed E-state index contributed by atoms with van der Waals surface area (Å²) in [5, 5.41) is 15.2. The zero-order valence-electron chi connectivity index (χ0n) is 16.3. The lowest BCUT2D eigenvalue weighted by molar-refractivity contribution is 0.101. The van der Waals surface area contributed by atoms with E-state index < -0.39 is 40.5 Å². The number of hydrogen-bond donors (Lipinski definition) is 1. The third-order valence-electron chi connectivity index (χ3n) is 4.52. The van der Waals surface area contributed by atoms with Gasteiger partial charge in [0.2, 0.25) is 16.6 Å². The Morgan fingerprint density at radius 3 is 2.32 bits per heavy atom. The largest absolute Gasteiger partial charge is 0.491 e. The lowest BCUT2D eigenvalue weighted by Gasteiger charge is -2.13. The summed E-state index contributed by atoms with van der Waals surface area (Å²) in [6, 6.07) is 4.81. The normalized spacial score (nSPS) is 11.2. The fourth-order valence-electron chi connectivity index (χ4n) is 2.94. The highest BCUT2D eigenvalue weighted by atomic mass is 32.1. The average Bonchev–Trinajstić information content (AvgIpc) is 3.31. The number of hydrogen-bond acceptors (Lipinski definition) is 6. The molecule has 160 valence electrons. The Balaban J connectivity index is 1.65. The molecule has 2 aromatic carbocycles. The van der Waals surface area contributed by atoms with Crippen LogP contribution in [-0.2, 0) is 0 Å². The first kappa shape index (κ1) is 20.7. The number of rotatable bonds is 4. The molecule has 0 saturated carbocycles. The Bertz CT molecular complexity index is 1320. The van der Waals surface area contributed by atoms with Gasteiger partial charge in [-0.05, 0) is 37.6 Å². The minimum atomic E-state index is -1.85. The number of carbonyl (C=O) groups is 1. The zero-order chi connectivity index (χ0) is 22.4.